The number of rotatable bonds is 4. The number of nitro benzene ring substituents is 1. The van der Waals surface area contributed by atoms with Crippen molar-refractivity contribution >= 4 is 17.4 Å². The molecule has 0 fully saturated rings. The van der Waals surface area contributed by atoms with Crippen molar-refractivity contribution in [2.75, 3.05) is 5.32 Å². The molecule has 0 saturated heterocycles. The van der Waals surface area contributed by atoms with Gasteiger partial charge in [-0.05, 0) is 18.6 Å². The molecule has 0 radical (unpaired) electrons. The Morgan fingerprint density at radius 1 is 1.55 bits per heavy atom. The molecule has 0 spiro atoms. The highest BCUT2D eigenvalue weighted by molar-refractivity contribution is 6.04. The number of H-pyrrole nitrogens is 1. The molecule has 1 aromatic heterocycles. The lowest BCUT2D eigenvalue weighted by atomic mass is 10.1. The van der Waals surface area contributed by atoms with Crippen molar-refractivity contribution in [3.8, 4) is 0 Å². The SMILES string of the molecule is CCc1cn[nH]c1NC(=O)c1ccc(F)c([N+](=O)[O-])c1. The largest absolute Gasteiger partial charge is 0.307 e. The zero-order chi connectivity index (χ0) is 14.7. The van der Waals surface area contributed by atoms with E-state index in [0.29, 0.717) is 12.2 Å². The normalized spacial score (nSPS) is 10.3. The first-order chi connectivity index (χ1) is 9.52. The van der Waals surface area contributed by atoms with Gasteiger partial charge in [-0.15, -0.1) is 0 Å². The zero-order valence-electron chi connectivity index (χ0n) is 10.5. The molecule has 20 heavy (non-hydrogen) atoms. The standard InChI is InChI=1S/C12H11FN4O3/c1-2-7-6-14-16-11(7)15-12(18)8-3-4-9(13)10(5-8)17(19)20/h3-6H,2H2,1H3,(H2,14,15,16,18). The molecule has 0 aliphatic heterocycles. The van der Waals surface area contributed by atoms with Crippen LogP contribution in [0, 0.1) is 15.9 Å². The average molecular weight is 278 g/mol. The summed E-state index contributed by atoms with van der Waals surface area (Å²) >= 11 is 0. The number of benzene rings is 1. The van der Waals surface area contributed by atoms with E-state index in [1.807, 2.05) is 6.92 Å². The lowest BCUT2D eigenvalue weighted by Gasteiger charge is -2.05. The minimum absolute atomic E-state index is 0.00486. The Morgan fingerprint density at radius 2 is 2.30 bits per heavy atom. The smallest absolute Gasteiger partial charge is 0.305 e. The minimum Gasteiger partial charge on any atom is -0.307 e. The Hall–Kier alpha value is -2.77. The third-order valence-electron chi connectivity index (χ3n) is 2.74. The van der Waals surface area contributed by atoms with Gasteiger partial charge in [0, 0.05) is 17.2 Å². The molecule has 7 nitrogen and oxygen atoms in total. The first kappa shape index (κ1) is 13.7. The number of hydrogen-bond acceptors (Lipinski definition) is 4. The van der Waals surface area contributed by atoms with Crippen molar-refractivity contribution in [2.45, 2.75) is 13.3 Å². The Balaban J connectivity index is 2.26. The van der Waals surface area contributed by atoms with Crippen LogP contribution in [0.5, 0.6) is 0 Å². The molecule has 0 bridgehead atoms. The van der Waals surface area contributed by atoms with Gasteiger partial charge in [0.15, 0.2) is 0 Å². The number of carbonyl (C=O) groups is 1. The maximum absolute atomic E-state index is 13.2. The molecule has 8 heteroatoms. The van der Waals surface area contributed by atoms with Gasteiger partial charge in [0.2, 0.25) is 5.82 Å². The third kappa shape index (κ3) is 2.63. The van der Waals surface area contributed by atoms with E-state index in [-0.39, 0.29) is 5.56 Å². The van der Waals surface area contributed by atoms with Crippen LogP contribution in [0.2, 0.25) is 0 Å². The summed E-state index contributed by atoms with van der Waals surface area (Å²) < 4.78 is 13.2. The van der Waals surface area contributed by atoms with Crippen molar-refractivity contribution in [1.82, 2.24) is 10.2 Å². The number of aromatic nitrogens is 2. The molecule has 0 aliphatic carbocycles. The number of aryl methyl sites for hydroxylation is 1. The van der Waals surface area contributed by atoms with Crippen LogP contribution >= 0.6 is 0 Å². The number of anilines is 1. The third-order valence-corrected chi connectivity index (χ3v) is 2.74. The van der Waals surface area contributed by atoms with E-state index in [1.54, 1.807) is 6.20 Å². The fourth-order valence-corrected chi connectivity index (χ4v) is 1.67. The van der Waals surface area contributed by atoms with Crippen LogP contribution in [0.4, 0.5) is 15.9 Å². The fourth-order valence-electron chi connectivity index (χ4n) is 1.67. The number of aromatic amines is 1. The van der Waals surface area contributed by atoms with Gasteiger partial charge in [-0.25, -0.2) is 0 Å². The van der Waals surface area contributed by atoms with Crippen molar-refractivity contribution in [3.63, 3.8) is 0 Å². The number of hydrogen-bond donors (Lipinski definition) is 2. The van der Waals surface area contributed by atoms with Gasteiger partial charge in [-0.3, -0.25) is 20.0 Å². The lowest BCUT2D eigenvalue weighted by molar-refractivity contribution is -0.387. The molecule has 2 N–H and O–H groups in total. The van der Waals surface area contributed by atoms with Crippen LogP contribution in [0.25, 0.3) is 0 Å². The molecule has 1 aromatic carbocycles. The first-order valence-electron chi connectivity index (χ1n) is 5.80. The predicted octanol–water partition coefficient (Wildman–Crippen LogP) is 2.27. The van der Waals surface area contributed by atoms with E-state index >= 15 is 0 Å². The average Bonchev–Trinajstić information content (AvgIpc) is 2.86. The first-order valence-corrected chi connectivity index (χ1v) is 5.80. The van der Waals surface area contributed by atoms with E-state index in [9.17, 15) is 19.3 Å². The topological polar surface area (TPSA) is 101 Å². The number of amides is 1. The molecule has 0 saturated carbocycles. The van der Waals surface area contributed by atoms with E-state index in [2.05, 4.69) is 15.5 Å². The van der Waals surface area contributed by atoms with Crippen LogP contribution in [0.15, 0.2) is 24.4 Å². The Morgan fingerprint density at radius 3 is 2.95 bits per heavy atom. The molecule has 0 aliphatic rings. The molecular formula is C12H11FN4O3. The molecular weight excluding hydrogens is 267 g/mol. The summed E-state index contributed by atoms with van der Waals surface area (Å²) in [7, 11) is 0. The van der Waals surface area contributed by atoms with Crippen LogP contribution < -0.4 is 5.32 Å². The molecule has 0 unspecified atom stereocenters. The van der Waals surface area contributed by atoms with Gasteiger partial charge in [0.25, 0.3) is 5.91 Å². The minimum atomic E-state index is -0.984. The molecule has 2 rings (SSSR count). The fraction of sp³-hybridized carbons (Fsp3) is 0.167. The van der Waals surface area contributed by atoms with Crippen LogP contribution in [-0.2, 0) is 6.42 Å². The number of nitrogens with one attached hydrogen (secondary N) is 2. The Bertz CT molecular complexity index is 668. The molecule has 1 amide bonds. The Labute approximate surface area is 113 Å². The van der Waals surface area contributed by atoms with Crippen LogP contribution in [0.1, 0.15) is 22.8 Å². The summed E-state index contributed by atoms with van der Waals surface area (Å²) in [5, 5.41) is 19.6. The summed E-state index contributed by atoms with van der Waals surface area (Å²) in [5.41, 5.74) is 0.0580. The van der Waals surface area contributed by atoms with E-state index in [0.717, 1.165) is 17.7 Å². The van der Waals surface area contributed by atoms with E-state index in [1.165, 1.54) is 6.07 Å². The van der Waals surface area contributed by atoms with Gasteiger partial charge < -0.3 is 5.32 Å². The second kappa shape index (κ2) is 5.47. The highest BCUT2D eigenvalue weighted by Gasteiger charge is 2.18. The number of halogens is 1. The zero-order valence-corrected chi connectivity index (χ0v) is 10.5. The van der Waals surface area contributed by atoms with Crippen molar-refractivity contribution < 1.29 is 14.1 Å². The summed E-state index contributed by atoms with van der Waals surface area (Å²) in [6.07, 6.45) is 2.23. The second-order valence-corrected chi connectivity index (χ2v) is 4.00. The molecule has 0 atom stereocenters. The van der Waals surface area contributed by atoms with E-state index < -0.39 is 22.3 Å². The van der Waals surface area contributed by atoms with Gasteiger partial charge in [0.1, 0.15) is 5.82 Å². The summed E-state index contributed by atoms with van der Waals surface area (Å²) in [6, 6.07) is 2.97. The molecule has 1 heterocycles. The van der Waals surface area contributed by atoms with Crippen LogP contribution in [0.3, 0.4) is 0 Å². The van der Waals surface area contributed by atoms with Crippen molar-refractivity contribution in [2.24, 2.45) is 0 Å². The second-order valence-electron chi connectivity index (χ2n) is 4.00. The lowest BCUT2D eigenvalue weighted by Crippen LogP contribution is -2.13. The van der Waals surface area contributed by atoms with Crippen molar-refractivity contribution in [3.05, 3.63) is 51.5 Å². The van der Waals surface area contributed by atoms with E-state index in [4.69, 9.17) is 0 Å². The van der Waals surface area contributed by atoms with Gasteiger partial charge >= 0.3 is 5.69 Å². The summed E-state index contributed by atoms with van der Waals surface area (Å²) in [6.45, 7) is 1.89. The summed E-state index contributed by atoms with van der Waals surface area (Å²) in [4.78, 5) is 21.7. The maximum Gasteiger partial charge on any atom is 0.305 e. The predicted molar refractivity (Wildman–Crippen MR) is 69.0 cm³/mol. The van der Waals surface area contributed by atoms with Crippen molar-refractivity contribution in [1.29, 1.82) is 0 Å². The highest BCUT2D eigenvalue weighted by Crippen LogP contribution is 2.20. The van der Waals surface area contributed by atoms with Gasteiger partial charge in [-0.1, -0.05) is 6.92 Å². The highest BCUT2D eigenvalue weighted by atomic mass is 19.1. The maximum atomic E-state index is 13.2. The molecule has 2 aromatic rings. The quantitative estimate of drug-likeness (QED) is 0.661. The summed E-state index contributed by atoms with van der Waals surface area (Å²) in [5.74, 6) is -1.14. The Kier molecular flexibility index (Phi) is 3.74. The number of nitrogens with zero attached hydrogens (tertiary/aromatic N) is 2. The number of nitro groups is 1. The number of carbonyl (C=O) groups excluding carboxylic acids is 1. The van der Waals surface area contributed by atoms with Gasteiger partial charge in [-0.2, -0.15) is 9.49 Å². The van der Waals surface area contributed by atoms with Crippen LogP contribution in [-0.4, -0.2) is 21.0 Å². The monoisotopic (exact) mass is 278 g/mol. The van der Waals surface area contributed by atoms with Gasteiger partial charge in [0.05, 0.1) is 11.1 Å². The molecule has 104 valence electrons.